The molecule has 1 aromatic carbocycles. The molecule has 0 saturated carbocycles. The van der Waals surface area contributed by atoms with Gasteiger partial charge in [-0.15, -0.1) is 0 Å². The monoisotopic (exact) mass is 270 g/mol. The predicted octanol–water partition coefficient (Wildman–Crippen LogP) is 4.37. The van der Waals surface area contributed by atoms with E-state index >= 15 is 0 Å². The Kier molecular flexibility index (Phi) is 3.05. The van der Waals surface area contributed by atoms with Crippen LogP contribution in [0.2, 0.25) is 5.15 Å². The van der Waals surface area contributed by atoms with Gasteiger partial charge in [0.2, 0.25) is 0 Å². The van der Waals surface area contributed by atoms with Crippen molar-refractivity contribution in [1.82, 2.24) is 9.97 Å². The summed E-state index contributed by atoms with van der Waals surface area (Å²) in [5.74, 6) is 1.16. The fourth-order valence-electron chi connectivity index (χ4n) is 1.88. The predicted molar refractivity (Wildman–Crippen MR) is 74.9 cm³/mol. The molecule has 2 heterocycles. The lowest BCUT2D eigenvalue weighted by Gasteiger charge is -2.04. The van der Waals surface area contributed by atoms with Crippen LogP contribution in [0.15, 0.2) is 53.1 Å². The van der Waals surface area contributed by atoms with Crippen molar-refractivity contribution in [3.8, 4) is 22.8 Å². The topological polar surface area (TPSA) is 38.9 Å². The molecule has 19 heavy (non-hydrogen) atoms. The number of halogens is 1. The van der Waals surface area contributed by atoms with Crippen molar-refractivity contribution >= 4 is 11.6 Å². The van der Waals surface area contributed by atoms with Crippen molar-refractivity contribution < 1.29 is 4.42 Å². The zero-order valence-electron chi connectivity index (χ0n) is 10.3. The number of furan rings is 1. The van der Waals surface area contributed by atoms with E-state index in [9.17, 15) is 0 Å². The number of aryl methyl sites for hydroxylation is 1. The van der Waals surface area contributed by atoms with Crippen LogP contribution in [0.1, 0.15) is 5.56 Å². The zero-order chi connectivity index (χ0) is 13.2. The molecular formula is C15H11ClN2O. The highest BCUT2D eigenvalue weighted by molar-refractivity contribution is 6.29. The lowest BCUT2D eigenvalue weighted by Crippen LogP contribution is -1.93. The Hall–Kier alpha value is -2.13. The van der Waals surface area contributed by atoms with E-state index in [2.05, 4.69) is 9.97 Å². The molecule has 0 aliphatic rings. The van der Waals surface area contributed by atoms with Crippen LogP contribution in [0, 0.1) is 6.92 Å². The first-order valence-electron chi connectivity index (χ1n) is 5.88. The first-order valence-corrected chi connectivity index (χ1v) is 6.26. The summed E-state index contributed by atoms with van der Waals surface area (Å²) in [6.45, 7) is 1.95. The minimum Gasteiger partial charge on any atom is -0.461 e. The van der Waals surface area contributed by atoms with Crippen LogP contribution in [0.25, 0.3) is 22.8 Å². The molecule has 0 bridgehead atoms. The molecule has 0 aliphatic heterocycles. The van der Waals surface area contributed by atoms with Gasteiger partial charge in [-0.05, 0) is 18.6 Å². The summed E-state index contributed by atoms with van der Waals surface area (Å²) in [6, 6.07) is 13.5. The molecule has 0 atom stereocenters. The van der Waals surface area contributed by atoms with Crippen LogP contribution in [0.3, 0.4) is 0 Å². The SMILES string of the molecule is Cc1ccoc1-c1nc(Cl)cc(-c2ccccc2)n1. The molecule has 0 N–H and O–H groups in total. The summed E-state index contributed by atoms with van der Waals surface area (Å²) in [5.41, 5.74) is 2.77. The number of nitrogens with zero attached hydrogens (tertiary/aromatic N) is 2. The lowest BCUT2D eigenvalue weighted by molar-refractivity contribution is 0.575. The average molecular weight is 271 g/mol. The Morgan fingerprint density at radius 2 is 1.84 bits per heavy atom. The molecule has 0 fully saturated rings. The van der Waals surface area contributed by atoms with Crippen molar-refractivity contribution in [3.63, 3.8) is 0 Å². The normalized spacial score (nSPS) is 10.6. The standard InChI is InChI=1S/C15H11ClN2O/c1-10-7-8-19-14(10)15-17-12(9-13(16)18-15)11-5-3-2-4-6-11/h2-9H,1H3. The maximum Gasteiger partial charge on any atom is 0.197 e. The van der Waals surface area contributed by atoms with Gasteiger partial charge in [0.05, 0.1) is 12.0 Å². The number of aromatic nitrogens is 2. The van der Waals surface area contributed by atoms with E-state index in [-0.39, 0.29) is 0 Å². The fraction of sp³-hybridized carbons (Fsp3) is 0.0667. The third-order valence-electron chi connectivity index (χ3n) is 2.83. The van der Waals surface area contributed by atoms with Gasteiger partial charge in [-0.25, -0.2) is 9.97 Å². The van der Waals surface area contributed by atoms with Crippen LogP contribution in [0.4, 0.5) is 0 Å². The Labute approximate surface area is 115 Å². The Morgan fingerprint density at radius 3 is 2.53 bits per heavy atom. The maximum atomic E-state index is 6.08. The van der Waals surface area contributed by atoms with Gasteiger partial charge in [-0.1, -0.05) is 41.9 Å². The van der Waals surface area contributed by atoms with Crippen LogP contribution in [-0.2, 0) is 0 Å². The van der Waals surface area contributed by atoms with E-state index in [4.69, 9.17) is 16.0 Å². The molecule has 3 rings (SSSR count). The summed E-state index contributed by atoms with van der Waals surface area (Å²) >= 11 is 6.08. The summed E-state index contributed by atoms with van der Waals surface area (Å²) in [7, 11) is 0. The van der Waals surface area contributed by atoms with Crippen molar-refractivity contribution in [2.45, 2.75) is 6.92 Å². The zero-order valence-corrected chi connectivity index (χ0v) is 11.1. The van der Waals surface area contributed by atoms with Gasteiger partial charge in [0.1, 0.15) is 5.15 Å². The van der Waals surface area contributed by atoms with Crippen molar-refractivity contribution in [2.24, 2.45) is 0 Å². The largest absolute Gasteiger partial charge is 0.461 e. The van der Waals surface area contributed by atoms with E-state index in [0.717, 1.165) is 16.8 Å². The van der Waals surface area contributed by atoms with Crippen molar-refractivity contribution in [2.75, 3.05) is 0 Å². The number of rotatable bonds is 2. The number of hydrogen-bond donors (Lipinski definition) is 0. The third kappa shape index (κ3) is 2.37. The third-order valence-corrected chi connectivity index (χ3v) is 3.02. The van der Waals surface area contributed by atoms with Gasteiger partial charge in [0, 0.05) is 11.6 Å². The summed E-state index contributed by atoms with van der Waals surface area (Å²) in [5, 5.41) is 0.402. The van der Waals surface area contributed by atoms with Crippen LogP contribution in [0.5, 0.6) is 0 Å². The molecule has 0 radical (unpaired) electrons. The summed E-state index contributed by atoms with van der Waals surface area (Å²) in [4.78, 5) is 8.74. The van der Waals surface area contributed by atoms with Crippen molar-refractivity contribution in [3.05, 3.63) is 59.4 Å². The Morgan fingerprint density at radius 1 is 1.05 bits per heavy atom. The second-order valence-electron chi connectivity index (χ2n) is 4.20. The molecule has 0 amide bonds. The highest BCUT2D eigenvalue weighted by Crippen LogP contribution is 2.26. The van der Waals surface area contributed by atoms with Gasteiger partial charge >= 0.3 is 0 Å². The van der Waals surface area contributed by atoms with E-state index in [1.54, 1.807) is 12.3 Å². The van der Waals surface area contributed by atoms with Gasteiger partial charge in [0.15, 0.2) is 11.6 Å². The Bertz CT molecular complexity index is 707. The molecule has 0 spiro atoms. The minimum atomic E-state index is 0.402. The average Bonchev–Trinajstić information content (AvgIpc) is 2.85. The van der Waals surface area contributed by atoms with E-state index < -0.39 is 0 Å². The molecule has 4 heteroatoms. The summed E-state index contributed by atoms with van der Waals surface area (Å²) < 4.78 is 5.41. The number of hydrogen-bond acceptors (Lipinski definition) is 3. The summed E-state index contributed by atoms with van der Waals surface area (Å²) in [6.07, 6.45) is 1.62. The van der Waals surface area contributed by atoms with E-state index in [0.29, 0.717) is 16.7 Å². The molecule has 2 aromatic heterocycles. The molecule has 3 nitrogen and oxygen atoms in total. The maximum absolute atomic E-state index is 6.08. The van der Waals surface area contributed by atoms with Gasteiger partial charge < -0.3 is 4.42 Å². The van der Waals surface area contributed by atoms with E-state index in [1.165, 1.54) is 0 Å². The van der Waals surface area contributed by atoms with Gasteiger partial charge in [-0.3, -0.25) is 0 Å². The van der Waals surface area contributed by atoms with Crippen LogP contribution < -0.4 is 0 Å². The molecule has 3 aromatic rings. The lowest BCUT2D eigenvalue weighted by atomic mass is 10.1. The van der Waals surface area contributed by atoms with Crippen molar-refractivity contribution in [1.29, 1.82) is 0 Å². The van der Waals surface area contributed by atoms with Gasteiger partial charge in [-0.2, -0.15) is 0 Å². The molecule has 0 saturated heterocycles. The van der Waals surface area contributed by atoms with Crippen LogP contribution in [-0.4, -0.2) is 9.97 Å². The minimum absolute atomic E-state index is 0.402. The Balaban J connectivity index is 2.14. The highest BCUT2D eigenvalue weighted by Gasteiger charge is 2.12. The smallest absolute Gasteiger partial charge is 0.197 e. The highest BCUT2D eigenvalue weighted by atomic mass is 35.5. The number of benzene rings is 1. The van der Waals surface area contributed by atoms with Gasteiger partial charge in [0.25, 0.3) is 0 Å². The fourth-order valence-corrected chi connectivity index (χ4v) is 2.06. The van der Waals surface area contributed by atoms with E-state index in [1.807, 2.05) is 43.3 Å². The quantitative estimate of drug-likeness (QED) is 0.649. The molecule has 0 aliphatic carbocycles. The molecule has 0 unspecified atom stereocenters. The molecular weight excluding hydrogens is 260 g/mol. The first-order chi connectivity index (χ1) is 9.24. The van der Waals surface area contributed by atoms with Crippen LogP contribution >= 0.6 is 11.6 Å². The second-order valence-corrected chi connectivity index (χ2v) is 4.59. The second kappa shape index (κ2) is 4.86. The first kappa shape index (κ1) is 11.9. The molecule has 94 valence electrons.